The van der Waals surface area contributed by atoms with E-state index in [1.54, 1.807) is 30.3 Å². The summed E-state index contributed by atoms with van der Waals surface area (Å²) in [5.41, 5.74) is 8.70. The summed E-state index contributed by atoms with van der Waals surface area (Å²) in [5, 5.41) is 5.00. The molecule has 2 heterocycles. The lowest BCUT2D eigenvalue weighted by Crippen LogP contribution is -2.12. The number of benzene rings is 2. The van der Waals surface area contributed by atoms with E-state index in [0.29, 0.717) is 36.2 Å². The Kier molecular flexibility index (Phi) is 5.17. The molecule has 2 aromatic carbocycles. The fourth-order valence-electron chi connectivity index (χ4n) is 2.72. The van der Waals surface area contributed by atoms with Gasteiger partial charge in [-0.05, 0) is 42.5 Å². The van der Waals surface area contributed by atoms with Crippen LogP contribution in [-0.2, 0) is 0 Å². The lowest BCUT2D eigenvalue weighted by molar-refractivity contribution is 0.103. The van der Waals surface area contributed by atoms with Crippen LogP contribution in [0.4, 0.5) is 11.4 Å². The Morgan fingerprint density at radius 2 is 1.68 bits per heavy atom. The van der Waals surface area contributed by atoms with Crippen LogP contribution in [0.3, 0.4) is 0 Å². The zero-order valence-corrected chi connectivity index (χ0v) is 17.3. The molecule has 28 heavy (non-hydrogen) atoms. The first-order chi connectivity index (χ1) is 13.4. The van der Waals surface area contributed by atoms with E-state index in [1.165, 1.54) is 11.3 Å². The van der Waals surface area contributed by atoms with Crippen molar-refractivity contribution in [3.63, 3.8) is 0 Å². The van der Waals surface area contributed by atoms with Gasteiger partial charge in [0.25, 0.3) is 5.91 Å². The summed E-state index contributed by atoms with van der Waals surface area (Å²) in [5.74, 6) is -0.363. The van der Waals surface area contributed by atoms with E-state index in [9.17, 15) is 4.79 Å². The highest BCUT2D eigenvalue weighted by molar-refractivity contribution is 7.21. The number of nitrogens with one attached hydrogen (secondary N) is 1. The second-order valence-corrected chi connectivity index (χ2v) is 8.26. The standard InChI is InChI=1S/C20H12Cl3N3OS/c21-11-3-1-10(2-4-11)15-8-6-13-17(24)18(28-20(13)26-15)19(27)25-16-9-12(22)5-7-14(16)23/h1-9H,24H2,(H,25,27). The van der Waals surface area contributed by atoms with E-state index < -0.39 is 0 Å². The average Bonchev–Trinajstić information content (AvgIpc) is 3.01. The van der Waals surface area contributed by atoms with Gasteiger partial charge in [0.1, 0.15) is 9.71 Å². The molecule has 0 aliphatic carbocycles. The predicted molar refractivity (Wildman–Crippen MR) is 119 cm³/mol. The second kappa shape index (κ2) is 7.60. The fraction of sp³-hybridized carbons (Fsp3) is 0. The number of thiophene rings is 1. The minimum absolute atomic E-state index is 0.363. The van der Waals surface area contributed by atoms with Gasteiger partial charge >= 0.3 is 0 Å². The number of amides is 1. The highest BCUT2D eigenvalue weighted by Crippen LogP contribution is 2.35. The van der Waals surface area contributed by atoms with Crippen LogP contribution in [0, 0.1) is 0 Å². The van der Waals surface area contributed by atoms with Crippen LogP contribution < -0.4 is 11.1 Å². The summed E-state index contributed by atoms with van der Waals surface area (Å²) in [6.07, 6.45) is 0. The normalized spacial score (nSPS) is 11.0. The summed E-state index contributed by atoms with van der Waals surface area (Å²) in [6.45, 7) is 0. The molecule has 4 aromatic rings. The van der Waals surface area contributed by atoms with Crippen molar-refractivity contribution in [1.29, 1.82) is 0 Å². The Labute approximate surface area is 179 Å². The third-order valence-corrected chi connectivity index (χ3v) is 6.05. The highest BCUT2D eigenvalue weighted by atomic mass is 35.5. The first-order valence-corrected chi connectivity index (χ1v) is 10.1. The number of nitrogens with two attached hydrogens (primary N) is 1. The molecule has 0 aliphatic heterocycles. The molecule has 0 bridgehead atoms. The topological polar surface area (TPSA) is 68.0 Å². The van der Waals surface area contributed by atoms with Crippen molar-refractivity contribution in [2.75, 3.05) is 11.1 Å². The number of nitrogens with zero attached hydrogens (tertiary/aromatic N) is 1. The average molecular weight is 449 g/mol. The first-order valence-electron chi connectivity index (χ1n) is 8.14. The van der Waals surface area contributed by atoms with Crippen molar-refractivity contribution in [2.24, 2.45) is 0 Å². The number of pyridine rings is 1. The van der Waals surface area contributed by atoms with E-state index in [2.05, 4.69) is 10.3 Å². The van der Waals surface area contributed by atoms with Crippen molar-refractivity contribution in [3.05, 3.63) is 74.5 Å². The van der Waals surface area contributed by atoms with E-state index >= 15 is 0 Å². The maximum Gasteiger partial charge on any atom is 0.267 e. The summed E-state index contributed by atoms with van der Waals surface area (Å²) < 4.78 is 0. The fourth-order valence-corrected chi connectivity index (χ4v) is 4.17. The summed E-state index contributed by atoms with van der Waals surface area (Å²) in [7, 11) is 0. The molecule has 0 fully saturated rings. The Morgan fingerprint density at radius 3 is 2.43 bits per heavy atom. The van der Waals surface area contributed by atoms with E-state index in [4.69, 9.17) is 40.5 Å². The van der Waals surface area contributed by atoms with Crippen LogP contribution in [0.5, 0.6) is 0 Å². The summed E-state index contributed by atoms with van der Waals surface area (Å²) in [4.78, 5) is 18.4. The van der Waals surface area contributed by atoms with E-state index in [-0.39, 0.29) is 5.91 Å². The van der Waals surface area contributed by atoms with Crippen molar-refractivity contribution < 1.29 is 4.79 Å². The summed E-state index contributed by atoms with van der Waals surface area (Å²) in [6, 6.07) is 16.0. The van der Waals surface area contributed by atoms with Crippen molar-refractivity contribution in [3.8, 4) is 11.3 Å². The van der Waals surface area contributed by atoms with Gasteiger partial charge in [-0.1, -0.05) is 46.9 Å². The minimum atomic E-state index is -0.363. The predicted octanol–water partition coefficient (Wildman–Crippen LogP) is 6.76. The van der Waals surface area contributed by atoms with Gasteiger partial charge in [-0.2, -0.15) is 0 Å². The van der Waals surface area contributed by atoms with Crippen LogP contribution in [0.1, 0.15) is 9.67 Å². The van der Waals surface area contributed by atoms with Crippen LogP contribution in [0.25, 0.3) is 21.5 Å². The van der Waals surface area contributed by atoms with E-state index in [0.717, 1.165) is 16.6 Å². The minimum Gasteiger partial charge on any atom is -0.397 e. The molecule has 4 rings (SSSR count). The molecule has 2 aromatic heterocycles. The second-order valence-electron chi connectivity index (χ2n) is 5.98. The summed E-state index contributed by atoms with van der Waals surface area (Å²) >= 11 is 19.3. The van der Waals surface area contributed by atoms with Gasteiger partial charge in [0, 0.05) is 21.0 Å². The SMILES string of the molecule is Nc1c(C(=O)Nc2cc(Cl)ccc2Cl)sc2nc(-c3ccc(Cl)cc3)ccc12. The zero-order chi connectivity index (χ0) is 19.8. The number of anilines is 2. The Hall–Kier alpha value is -2.31. The zero-order valence-electron chi connectivity index (χ0n) is 14.2. The molecular weight excluding hydrogens is 437 g/mol. The van der Waals surface area contributed by atoms with Gasteiger partial charge < -0.3 is 11.1 Å². The molecule has 8 heteroatoms. The third-order valence-electron chi connectivity index (χ3n) is 4.12. The van der Waals surface area contributed by atoms with Crippen LogP contribution in [-0.4, -0.2) is 10.9 Å². The largest absolute Gasteiger partial charge is 0.397 e. The number of aromatic nitrogens is 1. The van der Waals surface area contributed by atoms with Crippen LogP contribution >= 0.6 is 46.1 Å². The molecule has 0 unspecified atom stereocenters. The van der Waals surface area contributed by atoms with Gasteiger partial charge in [0.15, 0.2) is 0 Å². The lowest BCUT2D eigenvalue weighted by Gasteiger charge is -2.07. The molecule has 0 spiro atoms. The van der Waals surface area contributed by atoms with Crippen molar-refractivity contribution in [2.45, 2.75) is 0 Å². The third kappa shape index (κ3) is 3.66. The molecule has 4 nitrogen and oxygen atoms in total. The number of hydrogen-bond acceptors (Lipinski definition) is 4. The molecule has 0 saturated heterocycles. The van der Waals surface area contributed by atoms with Crippen LogP contribution in [0.15, 0.2) is 54.6 Å². The Balaban J connectivity index is 1.69. The molecule has 0 aliphatic rings. The molecule has 3 N–H and O–H groups in total. The number of carbonyl (C=O) groups is 1. The maximum atomic E-state index is 12.7. The quantitative estimate of drug-likeness (QED) is 0.364. The highest BCUT2D eigenvalue weighted by Gasteiger charge is 2.19. The molecule has 0 saturated carbocycles. The first kappa shape index (κ1) is 19.0. The maximum absolute atomic E-state index is 12.7. The molecular formula is C20H12Cl3N3OS. The molecule has 1 amide bonds. The van der Waals surface area contributed by atoms with Crippen molar-refractivity contribution >= 4 is 73.6 Å². The number of carbonyl (C=O) groups excluding carboxylic acids is 1. The van der Waals surface area contributed by atoms with Gasteiger partial charge in [-0.3, -0.25) is 4.79 Å². The number of nitrogen functional groups attached to an aromatic ring is 1. The Morgan fingerprint density at radius 1 is 0.964 bits per heavy atom. The van der Waals surface area contributed by atoms with Gasteiger partial charge in [-0.15, -0.1) is 11.3 Å². The van der Waals surface area contributed by atoms with E-state index in [1.807, 2.05) is 24.3 Å². The van der Waals surface area contributed by atoms with Crippen molar-refractivity contribution in [1.82, 2.24) is 4.98 Å². The Bertz CT molecular complexity index is 1210. The molecule has 140 valence electrons. The number of hydrogen-bond donors (Lipinski definition) is 2. The number of rotatable bonds is 3. The van der Waals surface area contributed by atoms with Crippen LogP contribution in [0.2, 0.25) is 15.1 Å². The number of fused-ring (bicyclic) bond motifs is 1. The van der Waals surface area contributed by atoms with Gasteiger partial charge in [0.05, 0.1) is 22.1 Å². The number of halogens is 3. The smallest absolute Gasteiger partial charge is 0.267 e. The molecule has 0 radical (unpaired) electrons. The lowest BCUT2D eigenvalue weighted by atomic mass is 10.1. The molecule has 0 atom stereocenters. The van der Waals surface area contributed by atoms with Gasteiger partial charge in [-0.25, -0.2) is 4.98 Å². The van der Waals surface area contributed by atoms with Gasteiger partial charge in [0.2, 0.25) is 0 Å². The monoisotopic (exact) mass is 447 g/mol.